The Kier molecular flexibility index (Phi) is 17.6. The average Bonchev–Trinajstić information content (AvgIpc) is 2.40. The highest BCUT2D eigenvalue weighted by Gasteiger charge is 2.24. The fourth-order valence-corrected chi connectivity index (χ4v) is 2.60. The number of likely N-dealkylation sites (N-methyl/N-ethyl adjacent to an activating group) is 1. The summed E-state index contributed by atoms with van der Waals surface area (Å²) in [6.45, 7) is 4.51. The van der Waals surface area contributed by atoms with Gasteiger partial charge in [0.05, 0.1) is 6.10 Å². The summed E-state index contributed by atoms with van der Waals surface area (Å²) >= 11 is 0. The summed E-state index contributed by atoms with van der Waals surface area (Å²) in [5.74, 6) is 0.692. The zero-order valence-electron chi connectivity index (χ0n) is 12.9. The molecule has 0 aromatic carbocycles. The van der Waals surface area contributed by atoms with Crippen LogP contribution in [0.4, 0.5) is 0 Å². The van der Waals surface area contributed by atoms with E-state index in [1.54, 1.807) is 0 Å². The Morgan fingerprint density at radius 2 is 1.36 bits per heavy atom. The SMILES string of the molecule is C.C.CN1CCC(CO)CC1.CN1CC[C@@H](CO)[C@H](O)C1.[B]. The summed E-state index contributed by atoms with van der Waals surface area (Å²) in [4.78, 5) is 4.39. The van der Waals surface area contributed by atoms with E-state index in [1.165, 1.54) is 12.8 Å². The normalized spacial score (nSPS) is 26.6. The molecule has 0 aromatic rings. The van der Waals surface area contributed by atoms with Gasteiger partial charge in [0.1, 0.15) is 0 Å². The van der Waals surface area contributed by atoms with Gasteiger partial charge in [-0.05, 0) is 58.9 Å². The van der Waals surface area contributed by atoms with Gasteiger partial charge in [-0.25, -0.2) is 0 Å². The minimum atomic E-state index is -0.330. The maximum atomic E-state index is 9.34. The van der Waals surface area contributed by atoms with E-state index < -0.39 is 0 Å². The third-order valence-electron chi connectivity index (χ3n) is 4.26. The zero-order valence-corrected chi connectivity index (χ0v) is 12.9. The van der Waals surface area contributed by atoms with Gasteiger partial charge in [0.15, 0.2) is 0 Å². The van der Waals surface area contributed by atoms with Crippen molar-refractivity contribution in [2.75, 3.05) is 53.5 Å². The largest absolute Gasteiger partial charge is 0.396 e. The maximum absolute atomic E-state index is 9.34. The molecule has 6 heteroatoms. The molecule has 0 spiro atoms. The monoisotopic (exact) mass is 317 g/mol. The number of piperidine rings is 2. The van der Waals surface area contributed by atoms with Crippen molar-refractivity contribution in [2.45, 2.75) is 40.2 Å². The number of likely N-dealkylation sites (tertiary alicyclic amines) is 2. The van der Waals surface area contributed by atoms with Gasteiger partial charge in [-0.3, -0.25) is 0 Å². The van der Waals surface area contributed by atoms with Crippen molar-refractivity contribution in [3.05, 3.63) is 0 Å². The number of aliphatic hydroxyl groups excluding tert-OH is 3. The summed E-state index contributed by atoms with van der Waals surface area (Å²) in [5.41, 5.74) is 0. The van der Waals surface area contributed by atoms with Crippen LogP contribution in [0.2, 0.25) is 0 Å². The number of nitrogens with zero attached hydrogens (tertiary/aromatic N) is 2. The van der Waals surface area contributed by atoms with E-state index in [0.717, 1.165) is 26.1 Å². The lowest BCUT2D eigenvalue weighted by Crippen LogP contribution is -2.42. The molecule has 0 aromatic heterocycles. The maximum Gasteiger partial charge on any atom is 0.0717 e. The summed E-state index contributed by atoms with van der Waals surface area (Å²) in [7, 11) is 4.12. The van der Waals surface area contributed by atoms with Crippen LogP contribution in [-0.2, 0) is 0 Å². The lowest BCUT2D eigenvalue weighted by Gasteiger charge is -2.32. The molecular formula is C16H38BN2O3. The van der Waals surface area contributed by atoms with Crippen LogP contribution in [0.1, 0.15) is 34.1 Å². The molecule has 2 aliphatic heterocycles. The molecule has 5 nitrogen and oxygen atoms in total. The van der Waals surface area contributed by atoms with Crippen LogP contribution in [0.25, 0.3) is 0 Å². The second kappa shape index (κ2) is 14.5. The van der Waals surface area contributed by atoms with Gasteiger partial charge < -0.3 is 25.1 Å². The van der Waals surface area contributed by atoms with Crippen LogP contribution in [0.15, 0.2) is 0 Å². The predicted molar refractivity (Wildman–Crippen MR) is 95.2 cm³/mol. The highest BCUT2D eigenvalue weighted by Crippen LogP contribution is 2.15. The minimum absolute atomic E-state index is 0. The van der Waals surface area contributed by atoms with Crippen molar-refractivity contribution in [3.8, 4) is 0 Å². The summed E-state index contributed by atoms with van der Waals surface area (Å²) in [6, 6.07) is 0. The molecule has 0 unspecified atom stereocenters. The third-order valence-corrected chi connectivity index (χ3v) is 4.26. The van der Waals surface area contributed by atoms with Crippen LogP contribution in [0.3, 0.4) is 0 Å². The van der Waals surface area contributed by atoms with Crippen LogP contribution in [0.5, 0.6) is 0 Å². The second-order valence-electron chi connectivity index (χ2n) is 5.99. The first-order chi connectivity index (χ1) is 9.06. The zero-order chi connectivity index (χ0) is 14.3. The molecule has 2 atom stereocenters. The Labute approximate surface area is 139 Å². The van der Waals surface area contributed by atoms with E-state index in [2.05, 4.69) is 16.8 Å². The number of hydrogen-bond donors (Lipinski definition) is 3. The van der Waals surface area contributed by atoms with Crippen molar-refractivity contribution in [1.82, 2.24) is 9.80 Å². The molecule has 2 heterocycles. The van der Waals surface area contributed by atoms with Gasteiger partial charge in [0.2, 0.25) is 0 Å². The third kappa shape index (κ3) is 9.80. The fraction of sp³-hybridized carbons (Fsp3) is 1.00. The Bertz CT molecular complexity index is 239. The quantitative estimate of drug-likeness (QED) is 0.648. The van der Waals surface area contributed by atoms with E-state index in [0.29, 0.717) is 19.1 Å². The average molecular weight is 317 g/mol. The van der Waals surface area contributed by atoms with Crippen LogP contribution >= 0.6 is 0 Å². The minimum Gasteiger partial charge on any atom is -0.396 e. The summed E-state index contributed by atoms with van der Waals surface area (Å²) < 4.78 is 0. The van der Waals surface area contributed by atoms with Gasteiger partial charge in [-0.2, -0.15) is 0 Å². The topological polar surface area (TPSA) is 67.2 Å². The highest BCUT2D eigenvalue weighted by molar-refractivity contribution is 5.75. The van der Waals surface area contributed by atoms with Crippen molar-refractivity contribution in [3.63, 3.8) is 0 Å². The summed E-state index contributed by atoms with van der Waals surface area (Å²) in [6.07, 6.45) is 2.93. The van der Waals surface area contributed by atoms with Gasteiger partial charge in [-0.1, -0.05) is 14.9 Å². The Morgan fingerprint density at radius 3 is 1.77 bits per heavy atom. The Hall–Kier alpha value is -0.135. The lowest BCUT2D eigenvalue weighted by molar-refractivity contribution is 0.00664. The number of aliphatic hydroxyl groups is 3. The van der Waals surface area contributed by atoms with Crippen LogP contribution in [0, 0.1) is 11.8 Å². The van der Waals surface area contributed by atoms with E-state index in [1.807, 2.05) is 7.05 Å². The molecule has 2 rings (SSSR count). The molecule has 2 saturated heterocycles. The first kappa shape index (κ1) is 26.7. The van der Waals surface area contributed by atoms with Crippen molar-refractivity contribution in [1.29, 1.82) is 0 Å². The molecule has 2 fully saturated rings. The van der Waals surface area contributed by atoms with Gasteiger partial charge in [0, 0.05) is 34.1 Å². The molecule has 3 radical (unpaired) electrons. The predicted octanol–water partition coefficient (Wildman–Crippen LogP) is 0.503. The molecule has 133 valence electrons. The standard InChI is InChI=1S/C7H15NO2.C7H15NO.2CH4.B/c1-8-3-2-6(5-9)7(10)4-8;1-8-4-2-7(6-9)3-5-8;;;/h6-7,9-10H,2-5H2,1H3;7,9H,2-6H2,1H3;2*1H4;/t6-,7+;;;;/m0..../s1. The molecule has 0 saturated carbocycles. The number of β-amino-alcohol motifs (C(OH)–C–C–N with tert-alkyl or cyclic N) is 1. The van der Waals surface area contributed by atoms with Crippen molar-refractivity contribution in [2.24, 2.45) is 11.8 Å². The van der Waals surface area contributed by atoms with E-state index in [-0.39, 0.29) is 41.9 Å². The van der Waals surface area contributed by atoms with Crippen molar-refractivity contribution < 1.29 is 15.3 Å². The molecule has 22 heavy (non-hydrogen) atoms. The first-order valence-electron chi connectivity index (χ1n) is 7.33. The fourth-order valence-electron chi connectivity index (χ4n) is 2.60. The molecule has 2 aliphatic rings. The van der Waals surface area contributed by atoms with Crippen molar-refractivity contribution >= 4 is 8.41 Å². The van der Waals surface area contributed by atoms with E-state index in [4.69, 9.17) is 10.2 Å². The smallest absolute Gasteiger partial charge is 0.0717 e. The van der Waals surface area contributed by atoms with Gasteiger partial charge in [0.25, 0.3) is 0 Å². The molecule has 0 aliphatic carbocycles. The molecule has 3 N–H and O–H groups in total. The molecular weight excluding hydrogens is 279 g/mol. The van der Waals surface area contributed by atoms with E-state index in [9.17, 15) is 5.11 Å². The Morgan fingerprint density at radius 1 is 0.864 bits per heavy atom. The van der Waals surface area contributed by atoms with Gasteiger partial charge in [-0.15, -0.1) is 0 Å². The van der Waals surface area contributed by atoms with E-state index >= 15 is 0 Å². The first-order valence-corrected chi connectivity index (χ1v) is 7.33. The highest BCUT2D eigenvalue weighted by atomic mass is 16.3. The number of hydrogen-bond acceptors (Lipinski definition) is 5. The van der Waals surface area contributed by atoms with Crippen LogP contribution < -0.4 is 0 Å². The molecule has 0 bridgehead atoms. The Balaban J connectivity index is -0.000000290. The van der Waals surface area contributed by atoms with Crippen LogP contribution in [-0.4, -0.2) is 93.1 Å². The van der Waals surface area contributed by atoms with Gasteiger partial charge >= 0.3 is 0 Å². The second-order valence-corrected chi connectivity index (χ2v) is 5.99. The lowest BCUT2D eigenvalue weighted by atomic mass is 9.95. The molecule has 0 amide bonds. The number of rotatable bonds is 2. The summed E-state index contributed by atoms with van der Waals surface area (Å²) in [5, 5.41) is 26.9.